The molecule has 0 aromatic rings. The molecule has 0 heterocycles. The highest BCUT2D eigenvalue weighted by molar-refractivity contribution is 9.09. The third-order valence-electron chi connectivity index (χ3n) is 5.72. The molecule has 0 aromatic heterocycles. The SMILES string of the molecule is C=C1CCC2C(C)(C)CCCC2(C)C1CCBr. The van der Waals surface area contributed by atoms with Crippen LogP contribution >= 0.6 is 15.9 Å². The van der Waals surface area contributed by atoms with Gasteiger partial charge in [0.1, 0.15) is 0 Å². The molecule has 1 heteroatoms. The third kappa shape index (κ3) is 2.25. The van der Waals surface area contributed by atoms with Gasteiger partial charge in [-0.05, 0) is 54.8 Å². The highest BCUT2D eigenvalue weighted by Crippen LogP contribution is 2.61. The van der Waals surface area contributed by atoms with Gasteiger partial charge in [0.25, 0.3) is 0 Å². The summed E-state index contributed by atoms with van der Waals surface area (Å²) in [7, 11) is 0. The van der Waals surface area contributed by atoms with E-state index in [2.05, 4.69) is 43.3 Å². The van der Waals surface area contributed by atoms with Gasteiger partial charge in [0, 0.05) is 5.33 Å². The summed E-state index contributed by atoms with van der Waals surface area (Å²) in [5, 5.41) is 1.12. The zero-order valence-corrected chi connectivity index (χ0v) is 13.3. The highest BCUT2D eigenvalue weighted by atomic mass is 79.9. The number of hydrogen-bond donors (Lipinski definition) is 0. The lowest BCUT2D eigenvalue weighted by Crippen LogP contribution is -2.49. The molecular formula is C16H27Br. The van der Waals surface area contributed by atoms with Crippen LogP contribution in [0.15, 0.2) is 12.2 Å². The van der Waals surface area contributed by atoms with Crippen molar-refractivity contribution in [2.75, 3.05) is 5.33 Å². The molecule has 0 amide bonds. The van der Waals surface area contributed by atoms with Crippen molar-refractivity contribution in [2.24, 2.45) is 22.7 Å². The Labute approximate surface area is 115 Å². The van der Waals surface area contributed by atoms with Crippen molar-refractivity contribution in [3.63, 3.8) is 0 Å². The zero-order valence-electron chi connectivity index (χ0n) is 11.7. The molecule has 0 nitrogen and oxygen atoms in total. The minimum absolute atomic E-state index is 0.519. The summed E-state index contributed by atoms with van der Waals surface area (Å²) in [4.78, 5) is 0. The predicted molar refractivity (Wildman–Crippen MR) is 79.5 cm³/mol. The third-order valence-corrected chi connectivity index (χ3v) is 6.17. The van der Waals surface area contributed by atoms with Gasteiger partial charge in [-0.15, -0.1) is 0 Å². The van der Waals surface area contributed by atoms with Crippen molar-refractivity contribution in [1.82, 2.24) is 0 Å². The van der Waals surface area contributed by atoms with E-state index in [1.807, 2.05) is 0 Å². The first-order valence-corrected chi connectivity index (χ1v) is 8.27. The van der Waals surface area contributed by atoms with Crippen molar-refractivity contribution in [3.8, 4) is 0 Å². The number of halogens is 1. The Hall–Kier alpha value is 0.220. The fraction of sp³-hybridized carbons (Fsp3) is 0.875. The Morgan fingerprint density at radius 1 is 1.29 bits per heavy atom. The molecule has 0 N–H and O–H groups in total. The van der Waals surface area contributed by atoms with Gasteiger partial charge in [0.15, 0.2) is 0 Å². The lowest BCUT2D eigenvalue weighted by atomic mass is 9.47. The van der Waals surface area contributed by atoms with E-state index in [-0.39, 0.29) is 0 Å². The maximum atomic E-state index is 4.38. The Balaban J connectivity index is 2.31. The van der Waals surface area contributed by atoms with E-state index in [0.717, 1.165) is 17.2 Å². The standard InChI is InChI=1S/C16H27Br/c1-12-6-7-14-15(2,3)9-5-10-16(14,4)13(12)8-11-17/h13-14H,1,5-11H2,2-4H3. The molecule has 0 saturated heterocycles. The molecule has 3 unspecified atom stereocenters. The second-order valence-electron chi connectivity index (χ2n) is 7.13. The molecule has 2 saturated carbocycles. The van der Waals surface area contributed by atoms with Crippen LogP contribution in [0.25, 0.3) is 0 Å². The van der Waals surface area contributed by atoms with Crippen molar-refractivity contribution < 1.29 is 0 Å². The van der Waals surface area contributed by atoms with E-state index in [1.54, 1.807) is 0 Å². The molecule has 0 aromatic carbocycles. The minimum atomic E-state index is 0.519. The number of hydrogen-bond acceptors (Lipinski definition) is 0. The summed E-state index contributed by atoms with van der Waals surface area (Å²) in [5.41, 5.74) is 2.59. The molecule has 0 bridgehead atoms. The largest absolute Gasteiger partial charge is 0.0996 e. The van der Waals surface area contributed by atoms with Gasteiger partial charge in [0.05, 0.1) is 0 Å². The monoisotopic (exact) mass is 298 g/mol. The van der Waals surface area contributed by atoms with Crippen LogP contribution in [-0.2, 0) is 0 Å². The van der Waals surface area contributed by atoms with Crippen LogP contribution in [-0.4, -0.2) is 5.33 Å². The van der Waals surface area contributed by atoms with Crippen molar-refractivity contribution >= 4 is 15.9 Å². The fourth-order valence-electron chi connectivity index (χ4n) is 4.92. The first kappa shape index (κ1) is 13.6. The van der Waals surface area contributed by atoms with E-state index in [9.17, 15) is 0 Å². The Kier molecular flexibility index (Phi) is 3.79. The minimum Gasteiger partial charge on any atom is -0.0996 e. The van der Waals surface area contributed by atoms with E-state index in [1.165, 1.54) is 44.1 Å². The summed E-state index contributed by atoms with van der Waals surface area (Å²) < 4.78 is 0. The van der Waals surface area contributed by atoms with E-state index >= 15 is 0 Å². The lowest BCUT2D eigenvalue weighted by molar-refractivity contribution is -0.0524. The van der Waals surface area contributed by atoms with Crippen LogP contribution in [0.3, 0.4) is 0 Å². The molecule has 0 radical (unpaired) electrons. The summed E-state index contributed by atoms with van der Waals surface area (Å²) in [6, 6.07) is 0. The van der Waals surface area contributed by atoms with Crippen molar-refractivity contribution in [3.05, 3.63) is 12.2 Å². The van der Waals surface area contributed by atoms with Crippen LogP contribution in [0, 0.1) is 22.7 Å². The van der Waals surface area contributed by atoms with Gasteiger partial charge in [-0.25, -0.2) is 0 Å². The zero-order chi connectivity index (χ0) is 12.7. The molecule has 17 heavy (non-hydrogen) atoms. The van der Waals surface area contributed by atoms with Gasteiger partial charge in [0.2, 0.25) is 0 Å². The topological polar surface area (TPSA) is 0 Å². The summed E-state index contributed by atoms with van der Waals surface area (Å²) in [6.45, 7) is 11.9. The second-order valence-corrected chi connectivity index (χ2v) is 7.92. The first-order valence-electron chi connectivity index (χ1n) is 7.15. The molecular weight excluding hydrogens is 272 g/mol. The molecule has 3 atom stereocenters. The molecule has 0 spiro atoms. The number of alkyl halides is 1. The molecule has 2 fully saturated rings. The van der Waals surface area contributed by atoms with E-state index < -0.39 is 0 Å². The maximum absolute atomic E-state index is 4.38. The van der Waals surface area contributed by atoms with E-state index in [0.29, 0.717) is 10.8 Å². The van der Waals surface area contributed by atoms with Gasteiger partial charge >= 0.3 is 0 Å². The van der Waals surface area contributed by atoms with Crippen LogP contribution < -0.4 is 0 Å². The second kappa shape index (κ2) is 4.72. The van der Waals surface area contributed by atoms with E-state index in [4.69, 9.17) is 0 Å². The fourth-order valence-corrected chi connectivity index (χ4v) is 5.37. The van der Waals surface area contributed by atoms with Crippen molar-refractivity contribution in [2.45, 2.75) is 59.3 Å². The van der Waals surface area contributed by atoms with Gasteiger partial charge in [-0.3, -0.25) is 0 Å². The average molecular weight is 299 g/mol. The van der Waals surface area contributed by atoms with Crippen molar-refractivity contribution in [1.29, 1.82) is 0 Å². The van der Waals surface area contributed by atoms with Gasteiger partial charge in [-0.2, -0.15) is 0 Å². The number of fused-ring (bicyclic) bond motifs is 1. The van der Waals surface area contributed by atoms with Crippen LogP contribution in [0.2, 0.25) is 0 Å². The van der Waals surface area contributed by atoms with Gasteiger partial charge < -0.3 is 0 Å². The predicted octanol–water partition coefficient (Wildman–Crippen LogP) is 5.57. The van der Waals surface area contributed by atoms with Crippen LogP contribution in [0.1, 0.15) is 59.3 Å². The molecule has 2 rings (SSSR count). The highest BCUT2D eigenvalue weighted by Gasteiger charge is 2.52. The Bertz CT molecular complexity index is 305. The normalized spacial score (nSPS) is 41.1. The van der Waals surface area contributed by atoms with Crippen LogP contribution in [0.4, 0.5) is 0 Å². The smallest absolute Gasteiger partial charge is 0.00372 e. The number of rotatable bonds is 2. The molecule has 98 valence electrons. The lowest BCUT2D eigenvalue weighted by Gasteiger charge is -2.58. The summed E-state index contributed by atoms with van der Waals surface area (Å²) in [5.74, 6) is 1.65. The Morgan fingerprint density at radius 3 is 2.65 bits per heavy atom. The summed E-state index contributed by atoms with van der Waals surface area (Å²) in [6.07, 6.45) is 8.16. The quantitative estimate of drug-likeness (QED) is 0.462. The average Bonchev–Trinajstić information content (AvgIpc) is 2.22. The number of allylic oxidation sites excluding steroid dienone is 1. The van der Waals surface area contributed by atoms with Crippen LogP contribution in [0.5, 0.6) is 0 Å². The molecule has 0 aliphatic heterocycles. The summed E-state index contributed by atoms with van der Waals surface area (Å²) >= 11 is 3.64. The van der Waals surface area contributed by atoms with Gasteiger partial charge in [-0.1, -0.05) is 55.3 Å². The first-order chi connectivity index (χ1) is 7.92. The maximum Gasteiger partial charge on any atom is 0.00372 e. The molecule has 2 aliphatic rings. The molecule has 2 aliphatic carbocycles. The Morgan fingerprint density at radius 2 is 2.00 bits per heavy atom.